The fraction of sp³-hybridized carbons (Fsp3) is 0.458. The molecule has 8 aromatic heterocycles. The van der Waals surface area contributed by atoms with Gasteiger partial charge in [0.05, 0.1) is 3.79 Å². The third-order valence-electron chi connectivity index (χ3n) is 13.1. The van der Waals surface area contributed by atoms with Crippen LogP contribution in [0.1, 0.15) is 169 Å². The summed E-state index contributed by atoms with van der Waals surface area (Å²) in [6, 6.07) is 29.1. The summed E-state index contributed by atoms with van der Waals surface area (Å²) in [6.07, 6.45) is 29.2. The van der Waals surface area contributed by atoms with Gasteiger partial charge in [0.25, 0.3) is 0 Å². The lowest BCUT2D eigenvalue weighted by atomic mass is 10.0. The summed E-state index contributed by atoms with van der Waals surface area (Å²) in [5.74, 6) is 0. The highest BCUT2D eigenvalue weighted by Gasteiger charge is 2.19. The maximum Gasteiger partial charge on any atom is 0.0708 e. The van der Waals surface area contributed by atoms with E-state index in [9.17, 15) is 0 Å². The lowest BCUT2D eigenvalue weighted by Gasteiger charge is -2.02. The summed E-state index contributed by atoms with van der Waals surface area (Å²) >= 11 is 19.8. The molecule has 0 aromatic carbocycles. The molecule has 0 unspecified atom stereocenters. The second kappa shape index (κ2) is 27.2. The predicted octanol–water partition coefficient (Wildman–Crippen LogP) is 23.6. The van der Waals surface area contributed by atoms with Crippen LogP contribution in [-0.4, -0.2) is 0 Å². The van der Waals surface area contributed by atoms with Gasteiger partial charge in [0.1, 0.15) is 0 Å². The molecule has 0 radical (unpaired) electrons. The number of hydrogen-bond acceptors (Lipinski definition) is 8. The maximum absolute atomic E-state index is 3.82. The van der Waals surface area contributed by atoms with Crippen molar-refractivity contribution in [2.45, 2.75) is 175 Å². The van der Waals surface area contributed by atoms with Crippen LogP contribution in [0.15, 0.2) is 82.0 Å². The standard InChI is InChI=1S/C59H71BrS8/c1-5-9-13-17-22-41-36-37-61-56(41)51-32-28-47(64-51)48-29-33-52(65-48)57-42(23-18-14-10-6-2)38-45(62-57)26-21-27-46-39-43(24-19-15-11-7-3)58(63-46)53-34-30-49(66-53)50-31-35-54(67-50)59-44(40-55(60)68-59)25-20-16-12-8-4/h28-40H,5-27H2,1-4H3. The molecule has 362 valence electrons. The van der Waals surface area contributed by atoms with E-state index in [0.717, 1.165) is 12.8 Å². The second-order valence-corrected chi connectivity index (χ2v) is 28.5. The van der Waals surface area contributed by atoms with E-state index < -0.39 is 0 Å². The minimum absolute atomic E-state index is 1.16. The Balaban J connectivity index is 0.950. The van der Waals surface area contributed by atoms with Crippen molar-refractivity contribution in [3.63, 3.8) is 0 Å². The van der Waals surface area contributed by atoms with Gasteiger partial charge >= 0.3 is 0 Å². The molecule has 0 fully saturated rings. The molecule has 68 heavy (non-hydrogen) atoms. The van der Waals surface area contributed by atoms with Gasteiger partial charge in [-0.2, -0.15) is 0 Å². The molecule has 0 saturated carbocycles. The number of halogens is 1. The Kier molecular flexibility index (Phi) is 21.0. The number of thiophene rings is 8. The predicted molar refractivity (Wildman–Crippen MR) is 320 cm³/mol. The molecule has 0 aliphatic heterocycles. The van der Waals surface area contributed by atoms with Crippen molar-refractivity contribution in [3.8, 4) is 58.5 Å². The van der Waals surface area contributed by atoms with Gasteiger partial charge in [-0.1, -0.05) is 105 Å². The van der Waals surface area contributed by atoms with Crippen LogP contribution in [0.3, 0.4) is 0 Å². The van der Waals surface area contributed by atoms with Crippen LogP contribution in [0, 0.1) is 0 Å². The van der Waals surface area contributed by atoms with Gasteiger partial charge < -0.3 is 0 Å². The first-order valence-corrected chi connectivity index (χ1v) is 33.3. The normalized spacial score (nSPS) is 11.8. The Morgan fingerprint density at radius 3 is 1.07 bits per heavy atom. The number of aryl methyl sites for hydroxylation is 6. The molecule has 0 amide bonds. The van der Waals surface area contributed by atoms with Gasteiger partial charge in [-0.3, -0.25) is 0 Å². The topological polar surface area (TPSA) is 0 Å². The first-order valence-electron chi connectivity index (χ1n) is 25.9. The average molecular weight is 1120 g/mol. The van der Waals surface area contributed by atoms with Gasteiger partial charge in [0, 0.05) is 68.3 Å². The molecule has 0 saturated heterocycles. The quantitative estimate of drug-likeness (QED) is 0.0394. The van der Waals surface area contributed by atoms with Crippen molar-refractivity contribution < 1.29 is 0 Å². The lowest BCUT2D eigenvalue weighted by molar-refractivity contribution is 0.667. The van der Waals surface area contributed by atoms with E-state index in [-0.39, 0.29) is 0 Å². The van der Waals surface area contributed by atoms with E-state index in [0.29, 0.717) is 0 Å². The minimum atomic E-state index is 1.16. The van der Waals surface area contributed by atoms with Crippen LogP contribution in [0.25, 0.3) is 58.5 Å². The van der Waals surface area contributed by atoms with E-state index in [1.165, 1.54) is 208 Å². The van der Waals surface area contributed by atoms with Crippen LogP contribution in [0.5, 0.6) is 0 Å². The zero-order valence-corrected chi connectivity index (χ0v) is 49.0. The third kappa shape index (κ3) is 14.2. The molecule has 8 heterocycles. The Morgan fingerprint density at radius 2 is 0.662 bits per heavy atom. The molecule has 0 N–H and O–H groups in total. The summed E-state index contributed by atoms with van der Waals surface area (Å²) in [5.41, 5.74) is 6.21. The molecule has 0 nitrogen and oxygen atoms in total. The zero-order chi connectivity index (χ0) is 47.1. The van der Waals surface area contributed by atoms with Gasteiger partial charge in [-0.05, 0) is 187 Å². The summed E-state index contributed by atoms with van der Waals surface area (Å²) in [7, 11) is 0. The van der Waals surface area contributed by atoms with Crippen molar-refractivity contribution in [2.24, 2.45) is 0 Å². The molecule has 8 aromatic rings. The van der Waals surface area contributed by atoms with Gasteiger partial charge in [0.2, 0.25) is 0 Å². The third-order valence-corrected chi connectivity index (χ3v) is 23.7. The molecular weight excluding hydrogens is 1050 g/mol. The Labute approximate surface area is 450 Å². The lowest BCUT2D eigenvalue weighted by Crippen LogP contribution is -1.87. The highest BCUT2D eigenvalue weighted by molar-refractivity contribution is 9.11. The van der Waals surface area contributed by atoms with Crippen LogP contribution in [-0.2, 0) is 38.5 Å². The molecule has 9 heteroatoms. The molecule has 8 rings (SSSR count). The molecule has 0 aliphatic rings. The number of hydrogen-bond donors (Lipinski definition) is 0. The van der Waals surface area contributed by atoms with Crippen molar-refractivity contribution >= 4 is 107 Å². The smallest absolute Gasteiger partial charge is 0.0708 e. The van der Waals surface area contributed by atoms with E-state index in [1.807, 2.05) is 68.0 Å². The average Bonchev–Trinajstić information content (AvgIpc) is 4.19. The molecule has 0 atom stereocenters. The molecule has 0 aliphatic carbocycles. The molecular formula is C59H71BrS8. The number of unbranched alkanes of at least 4 members (excludes halogenated alkanes) is 12. The van der Waals surface area contributed by atoms with Crippen LogP contribution >= 0.6 is 107 Å². The van der Waals surface area contributed by atoms with Gasteiger partial charge in [-0.25, -0.2) is 0 Å². The number of rotatable bonds is 30. The first-order chi connectivity index (χ1) is 33.4. The van der Waals surface area contributed by atoms with Gasteiger partial charge in [0.15, 0.2) is 0 Å². The van der Waals surface area contributed by atoms with Crippen molar-refractivity contribution in [1.29, 1.82) is 0 Å². The minimum Gasteiger partial charge on any atom is -0.143 e. The molecule has 0 spiro atoms. The van der Waals surface area contributed by atoms with Gasteiger partial charge in [-0.15, -0.1) is 90.7 Å². The SMILES string of the molecule is CCCCCCc1ccsc1-c1ccc(-c2ccc(-c3sc(CCCc4cc(CCCCCC)c(-c5ccc(-c6ccc(-c7sc(Br)cc7CCCCCC)s6)s5)s4)cc3CCCCCC)s2)s1. The van der Waals surface area contributed by atoms with E-state index in [1.54, 1.807) is 20.9 Å². The summed E-state index contributed by atoms with van der Waals surface area (Å²) in [5, 5.41) is 2.30. The van der Waals surface area contributed by atoms with E-state index in [2.05, 4.69) is 144 Å². The summed E-state index contributed by atoms with van der Waals surface area (Å²) in [6.45, 7) is 9.24. The highest BCUT2D eigenvalue weighted by Crippen LogP contribution is 2.48. The monoisotopic (exact) mass is 1110 g/mol. The Hall–Kier alpha value is -1.92. The van der Waals surface area contributed by atoms with Crippen molar-refractivity contribution in [2.75, 3.05) is 0 Å². The van der Waals surface area contributed by atoms with E-state index >= 15 is 0 Å². The van der Waals surface area contributed by atoms with Crippen molar-refractivity contribution in [3.05, 3.63) is 114 Å². The highest BCUT2D eigenvalue weighted by atomic mass is 79.9. The Bertz CT molecular complexity index is 2710. The van der Waals surface area contributed by atoms with Crippen LogP contribution in [0.2, 0.25) is 0 Å². The maximum atomic E-state index is 3.82. The largest absolute Gasteiger partial charge is 0.143 e. The van der Waals surface area contributed by atoms with E-state index in [4.69, 9.17) is 0 Å². The first kappa shape index (κ1) is 52.4. The van der Waals surface area contributed by atoms with Crippen molar-refractivity contribution in [1.82, 2.24) is 0 Å². The van der Waals surface area contributed by atoms with Crippen LogP contribution < -0.4 is 0 Å². The summed E-state index contributed by atoms with van der Waals surface area (Å²) < 4.78 is 1.25. The Morgan fingerprint density at radius 1 is 0.309 bits per heavy atom. The summed E-state index contributed by atoms with van der Waals surface area (Å²) in [4.78, 5) is 20.5. The zero-order valence-electron chi connectivity index (χ0n) is 40.9. The fourth-order valence-corrected chi connectivity index (χ4v) is 19.3. The van der Waals surface area contributed by atoms with Crippen LogP contribution in [0.4, 0.5) is 0 Å². The fourth-order valence-electron chi connectivity index (χ4n) is 9.32. The second-order valence-electron chi connectivity index (χ2n) is 18.6. The molecule has 0 bridgehead atoms.